The molecule has 0 bridgehead atoms. The first-order valence-electron chi connectivity index (χ1n) is 10.4. The predicted octanol–water partition coefficient (Wildman–Crippen LogP) is 5.52. The Morgan fingerprint density at radius 2 is 1.81 bits per heavy atom. The molecule has 32 heavy (non-hydrogen) atoms. The van der Waals surface area contributed by atoms with Crippen molar-refractivity contribution in [3.8, 4) is 5.75 Å². The van der Waals surface area contributed by atoms with Crippen molar-refractivity contribution in [2.24, 2.45) is 0 Å². The molecule has 0 aliphatic heterocycles. The lowest BCUT2D eigenvalue weighted by Gasteiger charge is -2.19. The molecule has 1 amide bonds. The number of anilines is 1. The predicted molar refractivity (Wildman–Crippen MR) is 127 cm³/mol. The van der Waals surface area contributed by atoms with Gasteiger partial charge >= 0.3 is 0 Å². The summed E-state index contributed by atoms with van der Waals surface area (Å²) in [5.74, 6) is 1.15. The fourth-order valence-electron chi connectivity index (χ4n) is 3.21. The van der Waals surface area contributed by atoms with E-state index in [9.17, 15) is 4.79 Å². The first-order valence-corrected chi connectivity index (χ1v) is 11.4. The number of aromatic nitrogens is 3. The van der Waals surface area contributed by atoms with E-state index in [4.69, 9.17) is 4.74 Å². The molecule has 7 heteroatoms. The van der Waals surface area contributed by atoms with Crippen LogP contribution in [-0.2, 0) is 18.6 Å². The number of rotatable bonds is 7. The fourth-order valence-corrected chi connectivity index (χ4v) is 3.75. The van der Waals surface area contributed by atoms with Gasteiger partial charge in [-0.15, -0.1) is 11.3 Å². The number of nitrogens with one attached hydrogen (secondary N) is 1. The van der Waals surface area contributed by atoms with Gasteiger partial charge in [0.15, 0.2) is 0 Å². The van der Waals surface area contributed by atoms with E-state index in [0.717, 1.165) is 11.3 Å². The van der Waals surface area contributed by atoms with Gasteiger partial charge in [0.2, 0.25) is 0 Å². The van der Waals surface area contributed by atoms with Crippen molar-refractivity contribution in [3.05, 3.63) is 94.1 Å². The molecule has 0 fully saturated rings. The standard InChI is InChI=1S/C25H26N4O2S/c1-25(2,3)20-8-4-18(5-9-20)14-29-23(12-13-27-29)28-24(30)19-6-10-22(11-7-19)31-15-21-16-32-17-26-21/h4-13,16-17H,14-15H2,1-3H3,(H,28,30). The average molecular weight is 447 g/mol. The molecule has 164 valence electrons. The Hall–Kier alpha value is -3.45. The third kappa shape index (κ3) is 5.42. The summed E-state index contributed by atoms with van der Waals surface area (Å²) < 4.78 is 7.49. The van der Waals surface area contributed by atoms with E-state index in [0.29, 0.717) is 30.3 Å². The summed E-state index contributed by atoms with van der Waals surface area (Å²) in [4.78, 5) is 16.9. The monoisotopic (exact) mass is 446 g/mol. The van der Waals surface area contributed by atoms with Crippen LogP contribution < -0.4 is 10.1 Å². The summed E-state index contributed by atoms with van der Waals surface area (Å²) in [6.07, 6.45) is 1.69. The van der Waals surface area contributed by atoms with Crippen LogP contribution >= 0.6 is 11.3 Å². The second kappa shape index (κ2) is 9.36. The highest BCUT2D eigenvalue weighted by Crippen LogP contribution is 2.23. The largest absolute Gasteiger partial charge is 0.487 e. The van der Waals surface area contributed by atoms with E-state index in [1.165, 1.54) is 16.9 Å². The van der Waals surface area contributed by atoms with Crippen LogP contribution in [0.2, 0.25) is 0 Å². The van der Waals surface area contributed by atoms with Gasteiger partial charge in [0.25, 0.3) is 5.91 Å². The number of benzene rings is 2. The first kappa shape index (κ1) is 21.8. The number of thiazole rings is 1. The lowest BCUT2D eigenvalue weighted by molar-refractivity contribution is 0.102. The van der Waals surface area contributed by atoms with E-state index in [2.05, 4.69) is 60.4 Å². The Labute approximate surface area is 191 Å². The summed E-state index contributed by atoms with van der Waals surface area (Å²) in [7, 11) is 0. The highest BCUT2D eigenvalue weighted by atomic mass is 32.1. The minimum absolute atomic E-state index is 0.116. The van der Waals surface area contributed by atoms with E-state index >= 15 is 0 Å². The summed E-state index contributed by atoms with van der Waals surface area (Å²) in [6.45, 7) is 7.58. The maximum absolute atomic E-state index is 12.7. The normalized spacial score (nSPS) is 11.3. The molecule has 0 unspecified atom stereocenters. The van der Waals surface area contributed by atoms with Gasteiger partial charge in [0.1, 0.15) is 18.2 Å². The lowest BCUT2D eigenvalue weighted by Crippen LogP contribution is -2.16. The number of hydrogen-bond acceptors (Lipinski definition) is 5. The van der Waals surface area contributed by atoms with E-state index in [1.54, 1.807) is 46.7 Å². The van der Waals surface area contributed by atoms with E-state index < -0.39 is 0 Å². The van der Waals surface area contributed by atoms with Crippen molar-refractivity contribution in [3.63, 3.8) is 0 Å². The zero-order valence-electron chi connectivity index (χ0n) is 18.4. The van der Waals surface area contributed by atoms with Gasteiger partial charge in [0, 0.05) is 17.0 Å². The van der Waals surface area contributed by atoms with Gasteiger partial charge in [-0.1, -0.05) is 45.0 Å². The second-order valence-electron chi connectivity index (χ2n) is 8.57. The average Bonchev–Trinajstić information content (AvgIpc) is 3.45. The summed E-state index contributed by atoms with van der Waals surface area (Å²) in [6, 6.07) is 17.4. The Kier molecular flexibility index (Phi) is 6.37. The van der Waals surface area contributed by atoms with Crippen LogP contribution in [0.1, 0.15) is 48.0 Å². The maximum Gasteiger partial charge on any atom is 0.256 e. The molecular formula is C25H26N4O2S. The second-order valence-corrected chi connectivity index (χ2v) is 9.29. The Balaban J connectivity index is 1.37. The Bertz CT molecular complexity index is 1160. The third-order valence-corrected chi connectivity index (χ3v) is 5.73. The highest BCUT2D eigenvalue weighted by Gasteiger charge is 2.14. The number of carbonyl (C=O) groups excluding carboxylic acids is 1. The minimum Gasteiger partial charge on any atom is -0.487 e. The van der Waals surface area contributed by atoms with Gasteiger partial charge in [-0.3, -0.25) is 4.79 Å². The first-order chi connectivity index (χ1) is 15.4. The van der Waals surface area contributed by atoms with Gasteiger partial charge < -0.3 is 10.1 Å². The van der Waals surface area contributed by atoms with Gasteiger partial charge in [-0.2, -0.15) is 5.10 Å². The molecule has 0 aliphatic rings. The molecule has 0 spiro atoms. The van der Waals surface area contributed by atoms with Crippen molar-refractivity contribution < 1.29 is 9.53 Å². The van der Waals surface area contributed by atoms with Crippen LogP contribution in [0.5, 0.6) is 5.75 Å². The molecule has 0 radical (unpaired) electrons. The van der Waals surface area contributed by atoms with Crippen molar-refractivity contribution >= 4 is 23.1 Å². The molecule has 0 saturated heterocycles. The molecule has 0 atom stereocenters. The van der Waals surface area contributed by atoms with Crippen molar-refractivity contribution in [1.29, 1.82) is 0 Å². The van der Waals surface area contributed by atoms with Crippen LogP contribution in [0.4, 0.5) is 5.82 Å². The van der Waals surface area contributed by atoms with Gasteiger partial charge in [0.05, 0.1) is 23.9 Å². The molecule has 4 aromatic rings. The van der Waals surface area contributed by atoms with Crippen molar-refractivity contribution in [1.82, 2.24) is 14.8 Å². The summed E-state index contributed by atoms with van der Waals surface area (Å²) in [5.41, 5.74) is 5.74. The number of nitrogens with zero attached hydrogens (tertiary/aromatic N) is 3. The summed E-state index contributed by atoms with van der Waals surface area (Å²) >= 11 is 1.53. The maximum atomic E-state index is 12.7. The SMILES string of the molecule is CC(C)(C)c1ccc(Cn2nccc2NC(=O)c2ccc(OCc3cscn3)cc2)cc1. The zero-order chi connectivity index (χ0) is 22.6. The van der Waals surface area contributed by atoms with E-state index in [1.807, 2.05) is 5.38 Å². The topological polar surface area (TPSA) is 69.0 Å². The molecule has 1 N–H and O–H groups in total. The number of amides is 1. The quantitative estimate of drug-likeness (QED) is 0.406. The molecule has 4 rings (SSSR count). The Morgan fingerprint density at radius 3 is 2.47 bits per heavy atom. The van der Waals surface area contributed by atoms with Crippen LogP contribution in [-0.4, -0.2) is 20.7 Å². The third-order valence-electron chi connectivity index (χ3n) is 5.10. The summed E-state index contributed by atoms with van der Waals surface area (Å²) in [5, 5.41) is 9.27. The van der Waals surface area contributed by atoms with Gasteiger partial charge in [-0.05, 0) is 40.8 Å². The van der Waals surface area contributed by atoms with Crippen molar-refractivity contribution in [2.75, 3.05) is 5.32 Å². The van der Waals surface area contributed by atoms with Crippen LogP contribution in [0, 0.1) is 0 Å². The fraction of sp³-hybridized carbons (Fsp3) is 0.240. The number of hydrogen-bond donors (Lipinski definition) is 1. The molecular weight excluding hydrogens is 420 g/mol. The molecule has 0 aliphatic carbocycles. The molecule has 6 nitrogen and oxygen atoms in total. The van der Waals surface area contributed by atoms with Crippen LogP contribution in [0.25, 0.3) is 0 Å². The number of ether oxygens (including phenoxy) is 1. The lowest BCUT2D eigenvalue weighted by atomic mass is 9.87. The smallest absolute Gasteiger partial charge is 0.256 e. The van der Waals surface area contributed by atoms with Crippen molar-refractivity contribution in [2.45, 2.75) is 39.3 Å². The highest BCUT2D eigenvalue weighted by molar-refractivity contribution is 7.07. The minimum atomic E-state index is -0.194. The molecule has 2 aromatic heterocycles. The number of carbonyl (C=O) groups is 1. The molecule has 2 aromatic carbocycles. The van der Waals surface area contributed by atoms with Gasteiger partial charge in [-0.25, -0.2) is 9.67 Å². The van der Waals surface area contributed by atoms with E-state index in [-0.39, 0.29) is 11.3 Å². The zero-order valence-corrected chi connectivity index (χ0v) is 19.2. The molecule has 0 saturated carbocycles. The Morgan fingerprint density at radius 1 is 1.06 bits per heavy atom. The van der Waals surface area contributed by atoms with Crippen LogP contribution in [0.15, 0.2) is 71.7 Å². The molecule has 2 heterocycles. The van der Waals surface area contributed by atoms with Crippen LogP contribution in [0.3, 0.4) is 0 Å².